The van der Waals surface area contributed by atoms with Gasteiger partial charge in [0.1, 0.15) is 0 Å². The molecule has 0 aliphatic carbocycles. The van der Waals surface area contributed by atoms with Crippen molar-refractivity contribution in [1.29, 1.82) is 0 Å². The molecule has 2 aromatic rings. The predicted molar refractivity (Wildman–Crippen MR) is 88.6 cm³/mol. The number of hydrogen-bond acceptors (Lipinski definition) is 5. The molecular weight excluding hydrogens is 312 g/mol. The maximum Gasteiger partial charge on any atom is 0.329 e. The minimum Gasteiger partial charge on any atom is -0.318 e. The summed E-state index contributed by atoms with van der Waals surface area (Å²) in [4.78, 5) is 33.5. The fraction of sp³-hybridized carbons (Fsp3) is 0.0625. The molecule has 0 spiro atoms. The molecule has 0 saturated carbocycles. The number of nitrogens with one attached hydrogen (secondary N) is 2. The van der Waals surface area contributed by atoms with Crippen LogP contribution >= 0.6 is 0 Å². The maximum absolute atomic E-state index is 11.7. The highest BCUT2D eigenvalue weighted by atomic mass is 16.6. The molecule has 8 heteroatoms. The third kappa shape index (κ3) is 4.73. The van der Waals surface area contributed by atoms with Crippen LogP contribution in [-0.4, -0.2) is 23.0 Å². The number of nitrogens with zero attached hydrogens (tertiary/aromatic N) is 2. The van der Waals surface area contributed by atoms with Crippen LogP contribution in [0.15, 0.2) is 53.6 Å². The number of hydrogen-bond donors (Lipinski definition) is 2. The number of rotatable bonds is 4. The van der Waals surface area contributed by atoms with Crippen molar-refractivity contribution in [1.82, 2.24) is 5.43 Å². The summed E-state index contributed by atoms with van der Waals surface area (Å²) in [5.41, 5.74) is 3.83. The molecule has 0 heterocycles. The van der Waals surface area contributed by atoms with Gasteiger partial charge in [-0.2, -0.15) is 5.10 Å². The topological polar surface area (TPSA) is 114 Å². The van der Waals surface area contributed by atoms with Crippen molar-refractivity contribution in [3.05, 3.63) is 69.8 Å². The van der Waals surface area contributed by atoms with Crippen molar-refractivity contribution in [2.24, 2.45) is 5.10 Å². The Morgan fingerprint density at radius 3 is 2.58 bits per heavy atom. The van der Waals surface area contributed by atoms with Crippen LogP contribution in [0.2, 0.25) is 0 Å². The van der Waals surface area contributed by atoms with Gasteiger partial charge in [-0.05, 0) is 24.6 Å². The van der Waals surface area contributed by atoms with Crippen molar-refractivity contribution in [2.45, 2.75) is 6.92 Å². The number of anilines is 1. The Balaban J connectivity index is 1.93. The largest absolute Gasteiger partial charge is 0.329 e. The van der Waals surface area contributed by atoms with Gasteiger partial charge in [0.2, 0.25) is 0 Å². The van der Waals surface area contributed by atoms with Gasteiger partial charge in [0, 0.05) is 23.4 Å². The Morgan fingerprint density at radius 1 is 1.12 bits per heavy atom. The molecule has 122 valence electrons. The van der Waals surface area contributed by atoms with Crippen LogP contribution in [0.25, 0.3) is 0 Å². The highest BCUT2D eigenvalue weighted by Crippen LogP contribution is 2.11. The van der Waals surface area contributed by atoms with Crippen LogP contribution < -0.4 is 10.7 Å². The summed E-state index contributed by atoms with van der Waals surface area (Å²) in [5, 5.41) is 16.7. The first-order valence-corrected chi connectivity index (χ1v) is 6.91. The molecule has 0 atom stereocenters. The van der Waals surface area contributed by atoms with E-state index in [0.717, 1.165) is 5.56 Å². The first kappa shape index (κ1) is 16.8. The smallest absolute Gasteiger partial charge is 0.318 e. The van der Waals surface area contributed by atoms with Gasteiger partial charge in [-0.25, -0.2) is 5.43 Å². The summed E-state index contributed by atoms with van der Waals surface area (Å²) in [5.74, 6) is -1.81. The van der Waals surface area contributed by atoms with Crippen molar-refractivity contribution in [3.63, 3.8) is 0 Å². The van der Waals surface area contributed by atoms with Gasteiger partial charge in [0.05, 0.1) is 11.1 Å². The third-order valence-electron chi connectivity index (χ3n) is 2.94. The van der Waals surface area contributed by atoms with Crippen LogP contribution in [0.5, 0.6) is 0 Å². The second-order valence-corrected chi connectivity index (χ2v) is 4.87. The minimum absolute atomic E-state index is 0.0949. The van der Waals surface area contributed by atoms with E-state index in [4.69, 9.17) is 0 Å². The van der Waals surface area contributed by atoms with Gasteiger partial charge in [0.25, 0.3) is 5.69 Å². The average molecular weight is 326 g/mol. The lowest BCUT2D eigenvalue weighted by atomic mass is 10.2. The lowest BCUT2D eigenvalue weighted by molar-refractivity contribution is -0.384. The first-order chi connectivity index (χ1) is 11.5. The average Bonchev–Trinajstić information content (AvgIpc) is 2.55. The molecule has 0 bridgehead atoms. The normalized spacial score (nSPS) is 10.4. The summed E-state index contributed by atoms with van der Waals surface area (Å²) in [6.07, 6.45) is 1.21. The Bertz CT molecular complexity index is 817. The standard InChI is InChI=1S/C16H14N4O4/c1-11-4-2-6-13(8-11)18-15(21)16(22)19-17-10-12-5-3-7-14(9-12)20(23)24/h2-10H,1H3,(H,18,21)(H,19,22)/b17-10-. The van der Waals surface area contributed by atoms with E-state index >= 15 is 0 Å². The molecule has 2 amide bonds. The summed E-state index contributed by atoms with van der Waals surface area (Å²) < 4.78 is 0. The fourth-order valence-electron chi connectivity index (χ4n) is 1.85. The number of nitro groups is 1. The number of carbonyl (C=O) groups is 2. The first-order valence-electron chi connectivity index (χ1n) is 6.91. The molecule has 2 aromatic carbocycles. The molecule has 24 heavy (non-hydrogen) atoms. The van der Waals surface area contributed by atoms with Gasteiger partial charge in [0.15, 0.2) is 0 Å². The fourth-order valence-corrected chi connectivity index (χ4v) is 1.85. The third-order valence-corrected chi connectivity index (χ3v) is 2.94. The number of nitro benzene ring substituents is 1. The molecule has 2 N–H and O–H groups in total. The highest BCUT2D eigenvalue weighted by Gasteiger charge is 2.12. The van der Waals surface area contributed by atoms with E-state index in [-0.39, 0.29) is 5.69 Å². The quantitative estimate of drug-likeness (QED) is 0.387. The Labute approximate surface area is 137 Å². The van der Waals surface area contributed by atoms with E-state index in [1.54, 1.807) is 24.3 Å². The van der Waals surface area contributed by atoms with Crippen molar-refractivity contribution in [2.75, 3.05) is 5.32 Å². The van der Waals surface area contributed by atoms with Gasteiger partial charge < -0.3 is 5.32 Å². The number of benzene rings is 2. The van der Waals surface area contributed by atoms with E-state index in [1.165, 1.54) is 24.4 Å². The lowest BCUT2D eigenvalue weighted by Gasteiger charge is -2.04. The van der Waals surface area contributed by atoms with E-state index in [2.05, 4.69) is 15.8 Å². The zero-order valence-corrected chi connectivity index (χ0v) is 12.7. The predicted octanol–water partition coefficient (Wildman–Crippen LogP) is 1.99. The zero-order valence-electron chi connectivity index (χ0n) is 12.7. The number of carbonyl (C=O) groups excluding carboxylic acids is 2. The molecule has 8 nitrogen and oxygen atoms in total. The monoisotopic (exact) mass is 326 g/mol. The molecule has 0 aromatic heterocycles. The summed E-state index contributed by atoms with van der Waals surface area (Å²) in [6, 6.07) is 12.7. The molecule has 0 fully saturated rings. The molecular formula is C16H14N4O4. The molecule has 0 aliphatic heterocycles. The van der Waals surface area contributed by atoms with Gasteiger partial charge in [-0.1, -0.05) is 24.3 Å². The Kier molecular flexibility index (Phi) is 5.35. The van der Waals surface area contributed by atoms with E-state index < -0.39 is 16.7 Å². The van der Waals surface area contributed by atoms with E-state index in [9.17, 15) is 19.7 Å². The number of amides is 2. The summed E-state index contributed by atoms with van der Waals surface area (Å²) in [7, 11) is 0. The molecule has 0 saturated heterocycles. The van der Waals surface area contributed by atoms with Crippen molar-refractivity contribution < 1.29 is 14.5 Å². The molecule has 0 unspecified atom stereocenters. The van der Waals surface area contributed by atoms with Crippen LogP contribution in [0.4, 0.5) is 11.4 Å². The maximum atomic E-state index is 11.7. The number of non-ortho nitro benzene ring substituents is 1. The Hall–Kier alpha value is -3.55. The Morgan fingerprint density at radius 2 is 1.88 bits per heavy atom. The van der Waals surface area contributed by atoms with Crippen LogP contribution in [0.3, 0.4) is 0 Å². The van der Waals surface area contributed by atoms with Crippen LogP contribution in [0.1, 0.15) is 11.1 Å². The number of hydrazone groups is 1. The number of aryl methyl sites for hydroxylation is 1. The van der Waals surface area contributed by atoms with Crippen LogP contribution in [-0.2, 0) is 9.59 Å². The van der Waals surface area contributed by atoms with Gasteiger partial charge in [-0.15, -0.1) is 0 Å². The van der Waals surface area contributed by atoms with Gasteiger partial charge >= 0.3 is 11.8 Å². The van der Waals surface area contributed by atoms with E-state index in [0.29, 0.717) is 11.3 Å². The molecule has 0 radical (unpaired) electrons. The SMILES string of the molecule is Cc1cccc(NC(=O)C(=O)N/N=C\c2cccc([N+](=O)[O-])c2)c1. The lowest BCUT2D eigenvalue weighted by Crippen LogP contribution is -2.32. The van der Waals surface area contributed by atoms with Gasteiger partial charge in [-0.3, -0.25) is 19.7 Å². The second-order valence-electron chi connectivity index (χ2n) is 4.87. The van der Waals surface area contributed by atoms with E-state index in [1.807, 2.05) is 13.0 Å². The zero-order chi connectivity index (χ0) is 17.5. The highest BCUT2D eigenvalue weighted by molar-refractivity contribution is 6.39. The minimum atomic E-state index is -0.946. The van der Waals surface area contributed by atoms with Crippen LogP contribution in [0, 0.1) is 17.0 Å². The molecule has 2 rings (SSSR count). The second kappa shape index (κ2) is 7.63. The van der Waals surface area contributed by atoms with Crippen molar-refractivity contribution in [3.8, 4) is 0 Å². The molecule has 0 aliphatic rings. The summed E-state index contributed by atoms with van der Waals surface area (Å²) >= 11 is 0. The van der Waals surface area contributed by atoms with Crippen molar-refractivity contribution >= 4 is 29.4 Å². The summed E-state index contributed by atoms with van der Waals surface area (Å²) in [6.45, 7) is 1.86.